The molecule has 0 aliphatic carbocycles. The third kappa shape index (κ3) is 4.33. The second-order valence-corrected chi connectivity index (χ2v) is 7.60. The number of methoxy groups -OCH3 is 1. The first-order chi connectivity index (χ1) is 15.9. The minimum absolute atomic E-state index is 0.0125. The number of anilines is 1. The maximum Gasteiger partial charge on any atom is 0.338 e. The number of hydrogen-bond acceptors (Lipinski definition) is 6. The normalized spacial score (nSPS) is 15.0. The van der Waals surface area contributed by atoms with Gasteiger partial charge in [0.15, 0.2) is 5.11 Å². The first kappa shape index (κ1) is 22.2. The quantitative estimate of drug-likeness (QED) is 0.267. The van der Waals surface area contributed by atoms with Crippen molar-refractivity contribution < 1.29 is 23.5 Å². The summed E-state index contributed by atoms with van der Waals surface area (Å²) in [6.45, 7) is 2.04. The molecule has 33 heavy (non-hydrogen) atoms. The smallest absolute Gasteiger partial charge is 0.338 e. The molecule has 1 aliphatic rings. The molecule has 2 aromatic carbocycles. The van der Waals surface area contributed by atoms with Crippen LogP contribution in [0.25, 0.3) is 17.4 Å². The highest BCUT2D eigenvalue weighted by atomic mass is 32.1. The summed E-state index contributed by atoms with van der Waals surface area (Å²) in [5.74, 6) is -0.992. The average molecular weight is 461 g/mol. The van der Waals surface area contributed by atoms with Crippen LogP contribution in [-0.4, -0.2) is 30.0 Å². The molecule has 1 aliphatic heterocycles. The number of ether oxygens (including phenoxy) is 1. The van der Waals surface area contributed by atoms with E-state index in [0.717, 1.165) is 12.0 Å². The van der Waals surface area contributed by atoms with E-state index in [9.17, 15) is 14.4 Å². The summed E-state index contributed by atoms with van der Waals surface area (Å²) in [7, 11) is 1.30. The van der Waals surface area contributed by atoms with Gasteiger partial charge in [-0.15, -0.1) is 0 Å². The summed E-state index contributed by atoms with van der Waals surface area (Å²) >= 11 is 5.24. The number of thiocarbonyl (C=S) groups is 1. The molecular formula is C25H20N2O5S. The van der Waals surface area contributed by atoms with Crippen molar-refractivity contribution in [3.8, 4) is 11.3 Å². The fourth-order valence-corrected chi connectivity index (χ4v) is 3.76. The van der Waals surface area contributed by atoms with E-state index < -0.39 is 17.8 Å². The molecule has 2 amide bonds. The molecule has 3 aromatic rings. The van der Waals surface area contributed by atoms with E-state index in [1.807, 2.05) is 19.1 Å². The van der Waals surface area contributed by atoms with Crippen molar-refractivity contribution in [2.45, 2.75) is 13.3 Å². The lowest BCUT2D eigenvalue weighted by atomic mass is 10.1. The third-order valence-electron chi connectivity index (χ3n) is 5.22. The number of furan rings is 1. The van der Waals surface area contributed by atoms with E-state index in [4.69, 9.17) is 21.4 Å². The number of aryl methyl sites for hydroxylation is 1. The number of esters is 1. The Morgan fingerprint density at radius 2 is 1.82 bits per heavy atom. The zero-order valence-corrected chi connectivity index (χ0v) is 18.8. The Morgan fingerprint density at radius 1 is 1.09 bits per heavy atom. The van der Waals surface area contributed by atoms with Gasteiger partial charge in [0.25, 0.3) is 11.8 Å². The van der Waals surface area contributed by atoms with E-state index >= 15 is 0 Å². The molecule has 0 radical (unpaired) electrons. The van der Waals surface area contributed by atoms with Crippen molar-refractivity contribution in [3.05, 3.63) is 83.1 Å². The molecule has 2 heterocycles. The molecule has 0 spiro atoms. The van der Waals surface area contributed by atoms with Gasteiger partial charge in [-0.25, -0.2) is 4.79 Å². The fourth-order valence-electron chi connectivity index (χ4n) is 3.48. The van der Waals surface area contributed by atoms with Crippen molar-refractivity contribution in [2.75, 3.05) is 12.0 Å². The van der Waals surface area contributed by atoms with Crippen LogP contribution in [0.3, 0.4) is 0 Å². The molecular weight excluding hydrogens is 440 g/mol. The number of benzene rings is 2. The van der Waals surface area contributed by atoms with Gasteiger partial charge in [-0.2, -0.15) is 0 Å². The molecule has 0 bridgehead atoms. The van der Waals surface area contributed by atoms with Crippen molar-refractivity contribution in [1.82, 2.24) is 5.32 Å². The van der Waals surface area contributed by atoms with Gasteiger partial charge in [-0.05, 0) is 60.6 Å². The van der Waals surface area contributed by atoms with Crippen LogP contribution in [0, 0.1) is 0 Å². The van der Waals surface area contributed by atoms with Crippen LogP contribution < -0.4 is 10.2 Å². The molecule has 1 aromatic heterocycles. The number of hydrogen-bond donors (Lipinski definition) is 1. The fraction of sp³-hybridized carbons (Fsp3) is 0.120. The maximum absolute atomic E-state index is 13.2. The van der Waals surface area contributed by atoms with Crippen LogP contribution in [0.5, 0.6) is 0 Å². The Labute approximate surface area is 195 Å². The van der Waals surface area contributed by atoms with Crippen LogP contribution in [0.15, 0.2) is 70.7 Å². The van der Waals surface area contributed by atoms with Crippen molar-refractivity contribution in [2.24, 2.45) is 0 Å². The highest BCUT2D eigenvalue weighted by Crippen LogP contribution is 2.28. The van der Waals surface area contributed by atoms with Crippen LogP contribution in [-0.2, 0) is 20.7 Å². The Kier molecular flexibility index (Phi) is 6.19. The minimum atomic E-state index is -0.612. The Balaban J connectivity index is 1.67. The summed E-state index contributed by atoms with van der Waals surface area (Å²) in [6.07, 6.45) is 2.22. The molecule has 1 fully saturated rings. The number of carbonyl (C=O) groups is 3. The first-order valence-corrected chi connectivity index (χ1v) is 10.6. The van der Waals surface area contributed by atoms with Gasteiger partial charge in [0, 0.05) is 5.56 Å². The summed E-state index contributed by atoms with van der Waals surface area (Å²) in [5.41, 5.74) is 2.43. The molecule has 0 saturated carbocycles. The standard InChI is InChI=1S/C25H20N2O5S/c1-3-15-8-10-16(11-9-15)27-23(29)20(22(28)26-25(27)33)14-17-12-13-21(32-17)18-6-4-5-7-19(18)24(30)31-2/h4-14H,3H2,1-2H3,(H,26,28,33)/b20-14+. The second kappa shape index (κ2) is 9.22. The van der Waals surface area contributed by atoms with Crippen molar-refractivity contribution in [3.63, 3.8) is 0 Å². The van der Waals surface area contributed by atoms with Crippen molar-refractivity contribution in [1.29, 1.82) is 0 Å². The van der Waals surface area contributed by atoms with Crippen molar-refractivity contribution >= 4 is 46.9 Å². The summed E-state index contributed by atoms with van der Waals surface area (Å²) in [4.78, 5) is 39.1. The molecule has 166 valence electrons. The Morgan fingerprint density at radius 3 is 2.52 bits per heavy atom. The predicted molar refractivity (Wildman–Crippen MR) is 128 cm³/mol. The molecule has 7 nitrogen and oxygen atoms in total. The first-order valence-electron chi connectivity index (χ1n) is 10.2. The third-order valence-corrected chi connectivity index (χ3v) is 5.50. The summed E-state index contributed by atoms with van der Waals surface area (Å²) < 4.78 is 10.7. The van der Waals surface area contributed by atoms with E-state index in [-0.39, 0.29) is 16.4 Å². The Bertz CT molecular complexity index is 1290. The lowest BCUT2D eigenvalue weighted by Crippen LogP contribution is -2.54. The van der Waals surface area contributed by atoms with Gasteiger partial charge in [-0.3, -0.25) is 19.8 Å². The molecule has 8 heteroatoms. The molecule has 1 saturated heterocycles. The number of nitrogens with one attached hydrogen (secondary N) is 1. The molecule has 0 unspecified atom stereocenters. The second-order valence-electron chi connectivity index (χ2n) is 7.22. The monoisotopic (exact) mass is 460 g/mol. The zero-order valence-electron chi connectivity index (χ0n) is 18.0. The van der Waals surface area contributed by atoms with Gasteiger partial charge in [0.05, 0.1) is 18.4 Å². The van der Waals surface area contributed by atoms with Gasteiger partial charge < -0.3 is 9.15 Å². The molecule has 1 N–H and O–H groups in total. The van der Waals surface area contributed by atoms with Crippen LogP contribution in [0.2, 0.25) is 0 Å². The highest BCUT2D eigenvalue weighted by molar-refractivity contribution is 7.80. The average Bonchev–Trinajstić information content (AvgIpc) is 3.30. The Hall–Kier alpha value is -4.04. The lowest BCUT2D eigenvalue weighted by molar-refractivity contribution is -0.122. The number of amides is 2. The summed E-state index contributed by atoms with van der Waals surface area (Å²) in [5, 5.41) is 2.57. The van der Waals surface area contributed by atoms with E-state index in [1.165, 1.54) is 18.1 Å². The number of nitrogens with zero attached hydrogens (tertiary/aromatic N) is 1. The SMILES string of the molecule is CCc1ccc(N2C(=O)/C(=C/c3ccc(-c4ccccc4C(=O)OC)o3)C(=O)NC2=S)cc1. The summed E-state index contributed by atoms with van der Waals surface area (Å²) in [6, 6.07) is 17.5. The minimum Gasteiger partial charge on any atom is -0.465 e. The van der Waals surface area contributed by atoms with Crippen LogP contribution >= 0.6 is 12.2 Å². The number of carbonyl (C=O) groups excluding carboxylic acids is 3. The lowest BCUT2D eigenvalue weighted by Gasteiger charge is -2.28. The molecule has 4 rings (SSSR count). The zero-order chi connectivity index (χ0) is 23.5. The highest BCUT2D eigenvalue weighted by Gasteiger charge is 2.34. The van der Waals surface area contributed by atoms with E-state index in [1.54, 1.807) is 48.5 Å². The van der Waals surface area contributed by atoms with Gasteiger partial charge in [-0.1, -0.05) is 37.3 Å². The maximum atomic E-state index is 13.2. The predicted octanol–water partition coefficient (Wildman–Crippen LogP) is 4.13. The van der Waals surface area contributed by atoms with E-state index in [0.29, 0.717) is 22.6 Å². The van der Waals surface area contributed by atoms with E-state index in [2.05, 4.69) is 5.32 Å². The largest absolute Gasteiger partial charge is 0.465 e. The van der Waals surface area contributed by atoms with Gasteiger partial charge in [0.1, 0.15) is 17.1 Å². The number of rotatable bonds is 5. The topological polar surface area (TPSA) is 88.8 Å². The van der Waals surface area contributed by atoms with Crippen LogP contribution in [0.4, 0.5) is 5.69 Å². The van der Waals surface area contributed by atoms with Gasteiger partial charge >= 0.3 is 5.97 Å². The van der Waals surface area contributed by atoms with Crippen LogP contribution in [0.1, 0.15) is 28.6 Å². The van der Waals surface area contributed by atoms with Gasteiger partial charge in [0.2, 0.25) is 0 Å². The molecule has 0 atom stereocenters.